The zero-order valence-electron chi connectivity index (χ0n) is 27.9. The Morgan fingerprint density at radius 3 is 1.75 bits per heavy atom. The number of hydrogen-bond acceptors (Lipinski definition) is 3. The third-order valence-electron chi connectivity index (χ3n) is 10.2. The molecular weight excluding hydrogens is 655 g/mol. The van der Waals surface area contributed by atoms with Crippen LogP contribution < -0.4 is 4.90 Å². The second-order valence-electron chi connectivity index (χ2n) is 13.2. The van der Waals surface area contributed by atoms with E-state index in [1.54, 1.807) is 0 Å². The van der Waals surface area contributed by atoms with E-state index in [-0.39, 0.29) is 5.92 Å². The summed E-state index contributed by atoms with van der Waals surface area (Å²) in [4.78, 5) is 2.41. The lowest BCUT2D eigenvalue weighted by Gasteiger charge is -2.27. The number of fused-ring (bicyclic) bond motifs is 8. The predicted molar refractivity (Wildman–Crippen MR) is 223 cm³/mol. The van der Waals surface area contributed by atoms with Crippen LogP contribution in [-0.4, -0.2) is 0 Å². The van der Waals surface area contributed by atoms with E-state index in [4.69, 9.17) is 0 Å². The van der Waals surface area contributed by atoms with Gasteiger partial charge in [0.05, 0.1) is 5.69 Å². The van der Waals surface area contributed by atoms with Crippen LogP contribution in [-0.2, 0) is 6.42 Å². The molecule has 1 atom stereocenters. The summed E-state index contributed by atoms with van der Waals surface area (Å²) >= 11 is 3.84. The van der Waals surface area contributed by atoms with Crippen LogP contribution in [0.3, 0.4) is 0 Å². The van der Waals surface area contributed by atoms with Crippen LogP contribution in [0.15, 0.2) is 182 Å². The number of rotatable bonds is 7. The first-order valence-corrected chi connectivity index (χ1v) is 19.2. The van der Waals surface area contributed by atoms with Crippen molar-refractivity contribution < 1.29 is 0 Å². The number of hydrogen-bond donors (Lipinski definition) is 0. The molecule has 2 heterocycles. The van der Waals surface area contributed by atoms with Crippen molar-refractivity contribution in [2.24, 2.45) is 0 Å². The lowest BCUT2D eigenvalue weighted by atomic mass is 9.85. The number of thiophene rings is 2. The number of nitrogens with zero attached hydrogens (tertiary/aromatic N) is 1. The summed E-state index contributed by atoms with van der Waals surface area (Å²) in [5, 5.41) is 7.88. The molecule has 2 aromatic heterocycles. The SMILES string of the molecule is c1ccc([C@H](Cc2ccc3sc4ccccc4c3c2)c2cccc3c2sc2c4ccccc4c(N(c4ccccc4)c4ccccc4)cc32)cc1. The highest BCUT2D eigenvalue weighted by atomic mass is 32.1. The Labute approximate surface area is 305 Å². The van der Waals surface area contributed by atoms with E-state index in [0.29, 0.717) is 0 Å². The number of para-hydroxylation sites is 2. The van der Waals surface area contributed by atoms with Crippen molar-refractivity contribution in [2.45, 2.75) is 12.3 Å². The molecule has 0 N–H and O–H groups in total. The Balaban J connectivity index is 1.18. The zero-order valence-corrected chi connectivity index (χ0v) is 29.5. The zero-order chi connectivity index (χ0) is 33.7. The molecule has 0 saturated heterocycles. The Bertz CT molecular complexity index is 2790. The quantitative estimate of drug-likeness (QED) is 0.161. The first-order valence-electron chi connectivity index (χ1n) is 17.5. The van der Waals surface area contributed by atoms with Crippen molar-refractivity contribution in [3.8, 4) is 0 Å². The lowest BCUT2D eigenvalue weighted by molar-refractivity contribution is 0.814. The van der Waals surface area contributed by atoms with Crippen molar-refractivity contribution in [3.63, 3.8) is 0 Å². The van der Waals surface area contributed by atoms with Crippen LogP contribution in [0.4, 0.5) is 17.1 Å². The summed E-state index contributed by atoms with van der Waals surface area (Å²) < 4.78 is 5.42. The van der Waals surface area contributed by atoms with E-state index in [2.05, 4.69) is 187 Å². The van der Waals surface area contributed by atoms with Gasteiger partial charge in [0, 0.05) is 68.4 Å². The van der Waals surface area contributed by atoms with Gasteiger partial charge in [-0.2, -0.15) is 0 Å². The van der Waals surface area contributed by atoms with Gasteiger partial charge in [-0.1, -0.05) is 133 Å². The van der Waals surface area contributed by atoms with E-state index in [1.807, 2.05) is 22.7 Å². The van der Waals surface area contributed by atoms with Crippen LogP contribution in [0.5, 0.6) is 0 Å². The predicted octanol–water partition coefficient (Wildman–Crippen LogP) is 14.4. The van der Waals surface area contributed by atoms with Crippen LogP contribution in [0.2, 0.25) is 0 Å². The van der Waals surface area contributed by atoms with E-state index < -0.39 is 0 Å². The van der Waals surface area contributed by atoms with E-state index >= 15 is 0 Å². The fourth-order valence-electron chi connectivity index (χ4n) is 7.89. The molecule has 3 heteroatoms. The van der Waals surface area contributed by atoms with E-state index in [9.17, 15) is 0 Å². The van der Waals surface area contributed by atoms with Gasteiger partial charge in [-0.15, -0.1) is 22.7 Å². The van der Waals surface area contributed by atoms with Gasteiger partial charge in [-0.05, 0) is 71.6 Å². The third kappa shape index (κ3) is 5.20. The molecule has 0 bridgehead atoms. The van der Waals surface area contributed by atoms with Crippen LogP contribution >= 0.6 is 22.7 Å². The van der Waals surface area contributed by atoms with Gasteiger partial charge in [0.25, 0.3) is 0 Å². The van der Waals surface area contributed by atoms with Crippen LogP contribution in [0, 0.1) is 0 Å². The van der Waals surface area contributed by atoms with Gasteiger partial charge < -0.3 is 4.90 Å². The Kier molecular flexibility index (Phi) is 7.41. The molecule has 10 aromatic rings. The van der Waals surface area contributed by atoms with Crippen LogP contribution in [0.1, 0.15) is 22.6 Å². The summed E-state index contributed by atoms with van der Waals surface area (Å²) in [5.41, 5.74) is 7.59. The Morgan fingerprint density at radius 1 is 0.412 bits per heavy atom. The maximum atomic E-state index is 2.44. The first-order chi connectivity index (χ1) is 25.3. The fourth-order valence-corrected chi connectivity index (χ4v) is 10.4. The maximum Gasteiger partial charge on any atom is 0.0547 e. The molecule has 0 amide bonds. The van der Waals surface area contributed by atoms with Gasteiger partial charge in [-0.3, -0.25) is 0 Å². The molecule has 0 spiro atoms. The highest BCUT2D eigenvalue weighted by molar-refractivity contribution is 7.27. The number of benzene rings is 8. The molecule has 0 aliphatic rings. The van der Waals surface area contributed by atoms with Crippen molar-refractivity contribution in [1.82, 2.24) is 0 Å². The topological polar surface area (TPSA) is 3.24 Å². The largest absolute Gasteiger partial charge is 0.310 e. The summed E-state index contributed by atoms with van der Waals surface area (Å²) in [5.74, 6) is 0.209. The molecule has 242 valence electrons. The molecule has 0 unspecified atom stereocenters. The lowest BCUT2D eigenvalue weighted by Crippen LogP contribution is -2.10. The highest BCUT2D eigenvalue weighted by Gasteiger charge is 2.23. The molecular formula is C48H33NS2. The minimum absolute atomic E-state index is 0.209. The Morgan fingerprint density at radius 2 is 1.00 bits per heavy atom. The average Bonchev–Trinajstić information content (AvgIpc) is 3.77. The second-order valence-corrected chi connectivity index (χ2v) is 15.4. The fraction of sp³-hybridized carbons (Fsp3) is 0.0417. The molecule has 10 rings (SSSR count). The van der Waals surface area contributed by atoms with Crippen LogP contribution in [0.25, 0.3) is 51.1 Å². The van der Waals surface area contributed by atoms with Gasteiger partial charge in [-0.25, -0.2) is 0 Å². The van der Waals surface area contributed by atoms with Gasteiger partial charge in [0.1, 0.15) is 0 Å². The minimum Gasteiger partial charge on any atom is -0.310 e. The van der Waals surface area contributed by atoms with Gasteiger partial charge in [0.2, 0.25) is 0 Å². The maximum absolute atomic E-state index is 2.44. The number of anilines is 3. The highest BCUT2D eigenvalue weighted by Crippen LogP contribution is 2.48. The van der Waals surface area contributed by atoms with E-state index in [1.165, 1.54) is 73.5 Å². The average molecular weight is 688 g/mol. The molecule has 0 aliphatic heterocycles. The van der Waals surface area contributed by atoms with Crippen molar-refractivity contribution in [1.29, 1.82) is 0 Å². The summed E-state index contributed by atoms with van der Waals surface area (Å²) in [7, 11) is 0. The monoisotopic (exact) mass is 687 g/mol. The summed E-state index contributed by atoms with van der Waals surface area (Å²) in [6.45, 7) is 0. The standard InChI is InChI=1S/C48H33NS2/c1-4-15-33(16-5-1)41(29-32-27-28-46-42(30-32)37-22-12-13-26-45(37)50-46)39-24-14-25-40-43-31-44(36-21-10-11-23-38(36)48(43)51-47(39)40)49(34-17-6-2-7-18-34)35-19-8-3-9-20-35/h1-28,30-31,41H,29H2/t41-/m0/s1. The molecule has 0 radical (unpaired) electrons. The smallest absolute Gasteiger partial charge is 0.0547 e. The summed E-state index contributed by atoms with van der Waals surface area (Å²) in [6, 6.07) is 66.9. The van der Waals surface area contributed by atoms with Gasteiger partial charge >= 0.3 is 0 Å². The molecule has 0 aliphatic carbocycles. The molecule has 0 fully saturated rings. The minimum atomic E-state index is 0.209. The molecule has 51 heavy (non-hydrogen) atoms. The van der Waals surface area contributed by atoms with Crippen molar-refractivity contribution in [3.05, 3.63) is 199 Å². The second kappa shape index (κ2) is 12.5. The van der Waals surface area contributed by atoms with Crippen molar-refractivity contribution in [2.75, 3.05) is 4.90 Å². The normalized spacial score (nSPS) is 12.3. The van der Waals surface area contributed by atoms with Gasteiger partial charge in [0.15, 0.2) is 0 Å². The first kappa shape index (κ1) is 30.1. The third-order valence-corrected chi connectivity index (χ3v) is 12.7. The summed E-state index contributed by atoms with van der Waals surface area (Å²) in [6.07, 6.45) is 0.930. The molecule has 1 nitrogen and oxygen atoms in total. The van der Waals surface area contributed by atoms with Crippen molar-refractivity contribution >= 4 is 90.9 Å². The molecule has 8 aromatic carbocycles. The Hall–Kier alpha value is -5.74. The van der Waals surface area contributed by atoms with E-state index in [0.717, 1.165) is 17.8 Å². The molecule has 0 saturated carbocycles.